The Kier molecular flexibility index (Phi) is 3.02. The van der Waals surface area contributed by atoms with Crippen molar-refractivity contribution in [3.8, 4) is 0 Å². The van der Waals surface area contributed by atoms with Gasteiger partial charge in [0, 0.05) is 0 Å². The molecule has 0 amide bonds. The van der Waals surface area contributed by atoms with Crippen molar-refractivity contribution in [2.45, 2.75) is 0 Å². The highest BCUT2D eigenvalue weighted by Gasteiger charge is 1.91. The van der Waals surface area contributed by atoms with Crippen molar-refractivity contribution in [2.24, 2.45) is 0 Å². The zero-order chi connectivity index (χ0) is 12.2. The summed E-state index contributed by atoms with van der Waals surface area (Å²) in [7, 11) is 0. The van der Waals surface area contributed by atoms with Gasteiger partial charge in [0.1, 0.15) is 5.52 Å². The van der Waals surface area contributed by atoms with Crippen LogP contribution in [-0.4, -0.2) is 9.97 Å². The topological polar surface area (TPSA) is 38.9 Å². The summed E-state index contributed by atoms with van der Waals surface area (Å²) in [5.41, 5.74) is 4.72. The third-order valence-corrected chi connectivity index (χ3v) is 3.28. The van der Waals surface area contributed by atoms with E-state index in [4.69, 9.17) is 4.42 Å². The Morgan fingerprint density at radius 1 is 0.833 bits per heavy atom. The number of rotatable bonds is 0. The van der Waals surface area contributed by atoms with Crippen LogP contribution in [0.5, 0.6) is 0 Å². The van der Waals surface area contributed by atoms with E-state index in [9.17, 15) is 0 Å². The predicted molar refractivity (Wildman–Crippen MR) is 73.6 cm³/mol. The van der Waals surface area contributed by atoms with Crippen LogP contribution in [0.25, 0.3) is 21.3 Å². The van der Waals surface area contributed by atoms with E-state index < -0.39 is 0 Å². The quantitative estimate of drug-likeness (QED) is 0.473. The summed E-state index contributed by atoms with van der Waals surface area (Å²) in [6.07, 6.45) is 1.45. The second-order valence-corrected chi connectivity index (χ2v) is 4.53. The van der Waals surface area contributed by atoms with Crippen molar-refractivity contribution >= 4 is 32.7 Å². The molecule has 0 aliphatic rings. The van der Waals surface area contributed by atoms with Crippen molar-refractivity contribution in [1.29, 1.82) is 0 Å². The van der Waals surface area contributed by atoms with Crippen LogP contribution in [0.4, 0.5) is 0 Å². The Morgan fingerprint density at radius 3 is 2.44 bits per heavy atom. The molecule has 0 radical (unpaired) electrons. The molecule has 0 N–H and O–H groups in total. The van der Waals surface area contributed by atoms with E-state index in [1.165, 1.54) is 11.1 Å². The third-order valence-electron chi connectivity index (χ3n) is 2.47. The zero-order valence-corrected chi connectivity index (χ0v) is 10.3. The van der Waals surface area contributed by atoms with Gasteiger partial charge in [-0.25, -0.2) is 9.97 Å². The highest BCUT2D eigenvalue weighted by atomic mass is 32.1. The first-order valence-electron chi connectivity index (χ1n) is 5.50. The normalized spacial score (nSPS) is 10.2. The van der Waals surface area contributed by atoms with E-state index in [0.717, 1.165) is 16.6 Å². The molecule has 4 heteroatoms. The second-order valence-electron chi connectivity index (χ2n) is 3.64. The molecular weight excluding hydrogens is 244 g/mol. The number of oxazole rings is 1. The minimum Gasteiger partial charge on any atom is -0.443 e. The maximum atomic E-state index is 5.01. The summed E-state index contributed by atoms with van der Waals surface area (Å²) < 4.78 is 6.27. The van der Waals surface area contributed by atoms with Crippen LogP contribution in [0.2, 0.25) is 0 Å². The minimum absolute atomic E-state index is 0.845. The molecule has 0 unspecified atom stereocenters. The molecule has 18 heavy (non-hydrogen) atoms. The van der Waals surface area contributed by atoms with Crippen LogP contribution in [-0.2, 0) is 0 Å². The standard InChI is InChI=1S/C7H5NO.C7H5NS/c2*1-2-4-7-6(3-1)8-5-9-7/h2*1-5H. The molecular formula is C14H10N2OS. The largest absolute Gasteiger partial charge is 0.443 e. The van der Waals surface area contributed by atoms with Crippen molar-refractivity contribution in [1.82, 2.24) is 9.97 Å². The first-order valence-corrected chi connectivity index (χ1v) is 6.38. The Bertz CT molecular complexity index is 634. The Labute approximate surface area is 108 Å². The van der Waals surface area contributed by atoms with E-state index in [1.54, 1.807) is 11.3 Å². The van der Waals surface area contributed by atoms with Crippen LogP contribution in [0, 0.1) is 0 Å². The van der Waals surface area contributed by atoms with Gasteiger partial charge < -0.3 is 4.42 Å². The average molecular weight is 254 g/mol. The SMILES string of the molecule is c1ccc2ocnc2c1.c1ccc2scnc2c1. The molecule has 2 aromatic carbocycles. The van der Waals surface area contributed by atoms with Crippen LogP contribution in [0.3, 0.4) is 0 Å². The van der Waals surface area contributed by atoms with Gasteiger partial charge in [-0.1, -0.05) is 24.3 Å². The van der Waals surface area contributed by atoms with E-state index in [2.05, 4.69) is 16.0 Å². The number of nitrogens with zero attached hydrogens (tertiary/aromatic N) is 2. The number of benzene rings is 2. The van der Waals surface area contributed by atoms with E-state index in [1.807, 2.05) is 48.0 Å². The molecule has 0 aliphatic heterocycles. The number of fused-ring (bicyclic) bond motifs is 2. The number of thiazole rings is 1. The van der Waals surface area contributed by atoms with E-state index >= 15 is 0 Å². The summed E-state index contributed by atoms with van der Waals surface area (Å²) in [6.45, 7) is 0. The molecule has 0 fully saturated rings. The van der Waals surface area contributed by atoms with Crippen molar-refractivity contribution in [3.05, 3.63) is 60.4 Å². The monoisotopic (exact) mass is 254 g/mol. The summed E-state index contributed by atoms with van der Waals surface area (Å²) in [4.78, 5) is 8.09. The molecule has 3 nitrogen and oxygen atoms in total. The fraction of sp³-hybridized carbons (Fsp3) is 0. The first kappa shape index (κ1) is 10.9. The summed E-state index contributed by atoms with van der Waals surface area (Å²) in [6, 6.07) is 15.8. The van der Waals surface area contributed by atoms with Crippen LogP contribution in [0.1, 0.15) is 0 Å². The minimum atomic E-state index is 0.845. The summed E-state index contributed by atoms with van der Waals surface area (Å²) in [5, 5.41) is 0. The predicted octanol–water partition coefficient (Wildman–Crippen LogP) is 4.12. The molecule has 4 aromatic rings. The number of hydrogen-bond donors (Lipinski definition) is 0. The van der Waals surface area contributed by atoms with Crippen molar-refractivity contribution < 1.29 is 4.42 Å². The fourth-order valence-electron chi connectivity index (χ4n) is 1.61. The number of aromatic nitrogens is 2. The van der Waals surface area contributed by atoms with Crippen molar-refractivity contribution in [2.75, 3.05) is 0 Å². The Hall–Kier alpha value is -2.20. The lowest BCUT2D eigenvalue weighted by Gasteiger charge is -1.80. The van der Waals surface area contributed by atoms with Gasteiger partial charge in [0.2, 0.25) is 0 Å². The molecule has 0 aliphatic carbocycles. The Balaban J connectivity index is 0.000000111. The highest BCUT2D eigenvalue weighted by Crippen LogP contribution is 2.15. The van der Waals surface area contributed by atoms with Crippen LogP contribution in [0.15, 0.2) is 64.9 Å². The lowest BCUT2D eigenvalue weighted by Crippen LogP contribution is -1.61. The highest BCUT2D eigenvalue weighted by molar-refractivity contribution is 7.16. The van der Waals surface area contributed by atoms with Gasteiger partial charge in [0.05, 0.1) is 15.7 Å². The van der Waals surface area contributed by atoms with Crippen molar-refractivity contribution in [3.63, 3.8) is 0 Å². The van der Waals surface area contributed by atoms with Gasteiger partial charge in [0.25, 0.3) is 0 Å². The molecule has 0 saturated carbocycles. The molecule has 0 spiro atoms. The molecule has 2 aromatic heterocycles. The lowest BCUT2D eigenvalue weighted by molar-refractivity contribution is 0.602. The van der Waals surface area contributed by atoms with Gasteiger partial charge in [-0.2, -0.15) is 0 Å². The van der Waals surface area contributed by atoms with Gasteiger partial charge in [-0.3, -0.25) is 0 Å². The van der Waals surface area contributed by atoms with Crippen LogP contribution >= 0.6 is 11.3 Å². The number of hydrogen-bond acceptors (Lipinski definition) is 4. The smallest absolute Gasteiger partial charge is 0.181 e. The average Bonchev–Trinajstić information content (AvgIpc) is 3.08. The van der Waals surface area contributed by atoms with E-state index in [0.29, 0.717) is 0 Å². The molecule has 0 atom stereocenters. The van der Waals surface area contributed by atoms with Gasteiger partial charge in [0.15, 0.2) is 12.0 Å². The molecule has 4 rings (SSSR count). The molecule has 0 saturated heterocycles. The summed E-state index contributed by atoms with van der Waals surface area (Å²) >= 11 is 1.68. The van der Waals surface area contributed by atoms with Gasteiger partial charge in [-0.05, 0) is 24.3 Å². The van der Waals surface area contributed by atoms with Crippen LogP contribution < -0.4 is 0 Å². The molecule has 0 bridgehead atoms. The van der Waals surface area contributed by atoms with Gasteiger partial charge in [-0.15, -0.1) is 11.3 Å². The first-order chi connectivity index (χ1) is 8.93. The fourth-order valence-corrected chi connectivity index (χ4v) is 2.29. The van der Waals surface area contributed by atoms with Gasteiger partial charge >= 0.3 is 0 Å². The van der Waals surface area contributed by atoms with E-state index in [-0.39, 0.29) is 0 Å². The summed E-state index contributed by atoms with van der Waals surface area (Å²) in [5.74, 6) is 0. The Morgan fingerprint density at radius 2 is 1.61 bits per heavy atom. The zero-order valence-electron chi connectivity index (χ0n) is 9.48. The lowest BCUT2D eigenvalue weighted by atomic mass is 10.3. The third kappa shape index (κ3) is 2.24. The molecule has 2 heterocycles. The maximum absolute atomic E-state index is 5.01. The number of para-hydroxylation sites is 3. The molecule has 88 valence electrons. The maximum Gasteiger partial charge on any atom is 0.181 e. The second kappa shape index (κ2) is 4.98.